The Morgan fingerprint density at radius 1 is 1.38 bits per heavy atom. The van der Waals surface area contributed by atoms with E-state index in [9.17, 15) is 4.79 Å². The van der Waals surface area contributed by atoms with Gasteiger partial charge in [-0.3, -0.25) is 4.79 Å². The summed E-state index contributed by atoms with van der Waals surface area (Å²) in [6, 6.07) is 0.398. The minimum atomic E-state index is -0.0478. The van der Waals surface area contributed by atoms with Crippen molar-refractivity contribution in [2.45, 2.75) is 58.4 Å². The van der Waals surface area contributed by atoms with Gasteiger partial charge >= 0.3 is 0 Å². The second-order valence-electron chi connectivity index (χ2n) is 5.15. The number of carbonyl (C=O) groups is 1. The van der Waals surface area contributed by atoms with Crippen LogP contribution in [0.2, 0.25) is 0 Å². The first-order chi connectivity index (χ1) is 7.67. The Hall–Kier alpha value is -0.570. The van der Waals surface area contributed by atoms with Crippen molar-refractivity contribution in [1.82, 2.24) is 5.32 Å². The molecule has 0 heterocycles. The molecule has 0 radical (unpaired) electrons. The normalized spacial score (nSPS) is 27.4. The van der Waals surface area contributed by atoms with Crippen molar-refractivity contribution >= 4 is 5.91 Å². The fourth-order valence-corrected chi connectivity index (χ4v) is 2.45. The van der Waals surface area contributed by atoms with E-state index in [1.54, 1.807) is 0 Å². The largest absolute Gasteiger partial charge is 0.353 e. The van der Waals surface area contributed by atoms with Crippen LogP contribution in [0.4, 0.5) is 0 Å². The van der Waals surface area contributed by atoms with Gasteiger partial charge in [-0.2, -0.15) is 0 Å². The Morgan fingerprint density at radius 2 is 2.00 bits per heavy atom. The topological polar surface area (TPSA) is 55.1 Å². The molecule has 16 heavy (non-hydrogen) atoms. The molecule has 1 atom stereocenters. The minimum absolute atomic E-state index is 0.0478. The highest BCUT2D eigenvalue weighted by molar-refractivity contribution is 5.78. The Bertz CT molecular complexity index is 210. The molecule has 1 saturated carbocycles. The van der Waals surface area contributed by atoms with Crippen molar-refractivity contribution < 1.29 is 4.79 Å². The second-order valence-corrected chi connectivity index (χ2v) is 5.15. The predicted octanol–water partition coefficient (Wildman–Crippen LogP) is 2.06. The van der Waals surface area contributed by atoms with Crippen molar-refractivity contribution in [2.24, 2.45) is 17.6 Å². The molecule has 3 nitrogen and oxygen atoms in total. The molecular weight excluding hydrogens is 200 g/mol. The van der Waals surface area contributed by atoms with Gasteiger partial charge in [0.1, 0.15) is 0 Å². The van der Waals surface area contributed by atoms with Gasteiger partial charge in [0, 0.05) is 18.5 Å². The lowest BCUT2D eigenvalue weighted by Gasteiger charge is -2.29. The number of amides is 1. The van der Waals surface area contributed by atoms with E-state index < -0.39 is 0 Å². The Balaban J connectivity index is 2.24. The molecule has 0 bridgehead atoms. The number of carbonyl (C=O) groups excluding carboxylic acids is 1. The molecule has 3 heteroatoms. The van der Waals surface area contributed by atoms with Crippen LogP contribution >= 0.6 is 0 Å². The van der Waals surface area contributed by atoms with Crippen molar-refractivity contribution in [3.8, 4) is 0 Å². The molecule has 0 spiro atoms. The third-order valence-corrected chi connectivity index (χ3v) is 3.69. The number of nitrogens with two attached hydrogens (primary N) is 1. The molecule has 1 unspecified atom stereocenters. The Morgan fingerprint density at radius 3 is 2.50 bits per heavy atom. The average molecular weight is 226 g/mol. The van der Waals surface area contributed by atoms with Gasteiger partial charge in [-0.05, 0) is 31.6 Å². The third-order valence-electron chi connectivity index (χ3n) is 3.69. The molecule has 1 fully saturated rings. The lowest BCUT2D eigenvalue weighted by atomic mass is 9.83. The molecule has 0 aromatic carbocycles. The van der Waals surface area contributed by atoms with Crippen molar-refractivity contribution in [1.29, 1.82) is 0 Å². The lowest BCUT2D eigenvalue weighted by Crippen LogP contribution is -2.42. The van der Waals surface area contributed by atoms with E-state index in [1.807, 2.05) is 6.92 Å². The first kappa shape index (κ1) is 13.5. The van der Waals surface area contributed by atoms with Gasteiger partial charge in [-0.25, -0.2) is 0 Å². The highest BCUT2D eigenvalue weighted by Crippen LogP contribution is 2.27. The van der Waals surface area contributed by atoms with Crippen LogP contribution in [0.3, 0.4) is 0 Å². The molecule has 1 aliphatic carbocycles. The Labute approximate surface area is 99.2 Å². The summed E-state index contributed by atoms with van der Waals surface area (Å²) in [7, 11) is 0. The second kappa shape index (κ2) is 6.89. The first-order valence-electron chi connectivity index (χ1n) is 6.67. The molecule has 94 valence electrons. The maximum atomic E-state index is 11.7. The van der Waals surface area contributed by atoms with Crippen molar-refractivity contribution in [2.75, 3.05) is 6.54 Å². The van der Waals surface area contributed by atoms with Gasteiger partial charge in [0.05, 0.1) is 0 Å². The van der Waals surface area contributed by atoms with Gasteiger partial charge < -0.3 is 11.1 Å². The summed E-state index contributed by atoms with van der Waals surface area (Å²) in [5.74, 6) is 0.972. The highest BCUT2D eigenvalue weighted by atomic mass is 16.1. The van der Waals surface area contributed by atoms with E-state index in [2.05, 4.69) is 12.2 Å². The lowest BCUT2D eigenvalue weighted by molar-refractivity contribution is -0.125. The fourth-order valence-electron chi connectivity index (χ4n) is 2.45. The van der Waals surface area contributed by atoms with Crippen LogP contribution in [-0.4, -0.2) is 18.5 Å². The van der Waals surface area contributed by atoms with E-state index in [0.29, 0.717) is 12.6 Å². The fraction of sp³-hybridized carbons (Fsp3) is 0.923. The summed E-state index contributed by atoms with van der Waals surface area (Å²) in [6.45, 7) is 4.58. The third kappa shape index (κ3) is 4.12. The van der Waals surface area contributed by atoms with Gasteiger partial charge in [-0.1, -0.05) is 26.7 Å². The zero-order chi connectivity index (χ0) is 12.0. The summed E-state index contributed by atoms with van der Waals surface area (Å²) >= 11 is 0. The summed E-state index contributed by atoms with van der Waals surface area (Å²) in [6.07, 6.45) is 7.47. The standard InChI is InChI=1S/C13H26N2O/c1-3-4-11-5-7-12(8-6-11)15-13(16)10(2)9-14/h10-12H,3-9,14H2,1-2H3,(H,15,16). The molecule has 0 saturated heterocycles. The smallest absolute Gasteiger partial charge is 0.224 e. The molecule has 0 aromatic rings. The van der Waals surface area contributed by atoms with Crippen LogP contribution in [0.5, 0.6) is 0 Å². The number of hydrogen-bond donors (Lipinski definition) is 2. The van der Waals surface area contributed by atoms with Gasteiger partial charge in [0.2, 0.25) is 5.91 Å². The van der Waals surface area contributed by atoms with Crippen LogP contribution in [-0.2, 0) is 4.79 Å². The SMILES string of the molecule is CCCC1CCC(NC(=O)C(C)CN)CC1. The summed E-state index contributed by atoms with van der Waals surface area (Å²) in [5.41, 5.74) is 5.48. The van der Waals surface area contributed by atoms with Crippen molar-refractivity contribution in [3.05, 3.63) is 0 Å². The zero-order valence-electron chi connectivity index (χ0n) is 10.7. The maximum Gasteiger partial charge on any atom is 0.224 e. The van der Waals surface area contributed by atoms with Crippen molar-refractivity contribution in [3.63, 3.8) is 0 Å². The molecule has 3 N–H and O–H groups in total. The van der Waals surface area contributed by atoms with Crippen LogP contribution in [0.25, 0.3) is 0 Å². The zero-order valence-corrected chi connectivity index (χ0v) is 10.7. The highest BCUT2D eigenvalue weighted by Gasteiger charge is 2.22. The average Bonchev–Trinajstić information content (AvgIpc) is 2.31. The monoisotopic (exact) mass is 226 g/mol. The van der Waals surface area contributed by atoms with E-state index in [4.69, 9.17) is 5.73 Å². The molecule has 0 aliphatic heterocycles. The van der Waals surface area contributed by atoms with Crippen LogP contribution in [0.15, 0.2) is 0 Å². The summed E-state index contributed by atoms with van der Waals surface area (Å²) in [4.78, 5) is 11.7. The van der Waals surface area contributed by atoms with Crippen LogP contribution < -0.4 is 11.1 Å². The quantitative estimate of drug-likeness (QED) is 0.754. The Kier molecular flexibility index (Phi) is 5.81. The maximum absolute atomic E-state index is 11.7. The number of nitrogens with one attached hydrogen (secondary N) is 1. The van der Waals surface area contributed by atoms with E-state index in [-0.39, 0.29) is 11.8 Å². The van der Waals surface area contributed by atoms with Crippen LogP contribution in [0.1, 0.15) is 52.4 Å². The predicted molar refractivity (Wildman–Crippen MR) is 67.0 cm³/mol. The van der Waals surface area contributed by atoms with Gasteiger partial charge in [0.25, 0.3) is 0 Å². The van der Waals surface area contributed by atoms with E-state index in [0.717, 1.165) is 18.8 Å². The van der Waals surface area contributed by atoms with E-state index >= 15 is 0 Å². The summed E-state index contributed by atoms with van der Waals surface area (Å²) in [5, 5.41) is 3.11. The minimum Gasteiger partial charge on any atom is -0.353 e. The van der Waals surface area contributed by atoms with Gasteiger partial charge in [0.15, 0.2) is 0 Å². The molecule has 1 aliphatic rings. The van der Waals surface area contributed by atoms with Crippen LogP contribution in [0, 0.1) is 11.8 Å². The van der Waals surface area contributed by atoms with E-state index in [1.165, 1.54) is 25.7 Å². The molecule has 0 aromatic heterocycles. The number of hydrogen-bond acceptors (Lipinski definition) is 2. The van der Waals surface area contributed by atoms with Gasteiger partial charge in [-0.15, -0.1) is 0 Å². The molecule has 1 rings (SSSR count). The number of rotatable bonds is 5. The summed E-state index contributed by atoms with van der Waals surface area (Å²) < 4.78 is 0. The molecule has 1 amide bonds. The first-order valence-corrected chi connectivity index (χ1v) is 6.67. The molecular formula is C13H26N2O.